The summed E-state index contributed by atoms with van der Waals surface area (Å²) in [6.07, 6.45) is 4.70. The molecule has 1 aliphatic rings. The molecular weight excluding hydrogens is 277 g/mol. The van der Waals surface area contributed by atoms with Crippen LogP contribution in [0.4, 0.5) is 4.39 Å². The van der Waals surface area contributed by atoms with Crippen LogP contribution in [-0.4, -0.2) is 18.8 Å². The normalized spacial score (nSPS) is 28.4. The summed E-state index contributed by atoms with van der Waals surface area (Å²) in [6.45, 7) is 2.26. The number of benzene rings is 1. The van der Waals surface area contributed by atoms with Crippen molar-refractivity contribution in [2.75, 3.05) is 7.11 Å². The van der Waals surface area contributed by atoms with Gasteiger partial charge in [-0.2, -0.15) is 0 Å². The molecule has 2 N–H and O–H groups in total. The largest absolute Gasteiger partial charge is 0.377 e. The summed E-state index contributed by atoms with van der Waals surface area (Å²) in [5.74, 6) is 0.336. The molecule has 0 saturated heterocycles. The van der Waals surface area contributed by atoms with Crippen LogP contribution >= 0.6 is 11.6 Å². The van der Waals surface area contributed by atoms with E-state index >= 15 is 0 Å². The Hall–Kier alpha value is -0.640. The number of halogens is 2. The number of methoxy groups -OCH3 is 1. The lowest BCUT2D eigenvalue weighted by molar-refractivity contribution is -0.0659. The molecule has 4 heteroatoms. The third-order valence-corrected chi connectivity index (χ3v) is 5.10. The molecule has 0 aliphatic heterocycles. The van der Waals surface area contributed by atoms with Gasteiger partial charge in [0.05, 0.1) is 10.6 Å². The van der Waals surface area contributed by atoms with Gasteiger partial charge in [0.15, 0.2) is 0 Å². The lowest BCUT2D eigenvalue weighted by Gasteiger charge is -2.42. The number of nitrogens with two attached hydrogens (primary N) is 1. The van der Waals surface area contributed by atoms with E-state index in [1.54, 1.807) is 13.2 Å². The van der Waals surface area contributed by atoms with E-state index in [-0.39, 0.29) is 22.5 Å². The van der Waals surface area contributed by atoms with Crippen LogP contribution in [-0.2, 0) is 11.2 Å². The summed E-state index contributed by atoms with van der Waals surface area (Å²) in [7, 11) is 1.73. The first-order valence-electron chi connectivity index (χ1n) is 7.22. The van der Waals surface area contributed by atoms with E-state index in [9.17, 15) is 4.39 Å². The minimum absolute atomic E-state index is 0.167. The van der Waals surface area contributed by atoms with Gasteiger partial charge in [-0.25, -0.2) is 4.39 Å². The van der Waals surface area contributed by atoms with Crippen molar-refractivity contribution in [3.05, 3.63) is 34.6 Å². The summed E-state index contributed by atoms with van der Waals surface area (Å²) in [5.41, 5.74) is 6.84. The summed E-state index contributed by atoms with van der Waals surface area (Å²) >= 11 is 6.02. The van der Waals surface area contributed by atoms with Crippen molar-refractivity contribution in [1.29, 1.82) is 0 Å². The highest BCUT2D eigenvalue weighted by Gasteiger charge is 2.39. The van der Waals surface area contributed by atoms with Crippen LogP contribution in [0.5, 0.6) is 0 Å². The lowest BCUT2D eigenvalue weighted by atomic mass is 9.74. The van der Waals surface area contributed by atoms with Gasteiger partial charge in [-0.1, -0.05) is 30.7 Å². The average molecular weight is 300 g/mol. The fourth-order valence-corrected chi connectivity index (χ4v) is 3.31. The predicted molar refractivity (Wildman–Crippen MR) is 80.5 cm³/mol. The molecular formula is C16H23ClFNO. The van der Waals surface area contributed by atoms with Gasteiger partial charge >= 0.3 is 0 Å². The maximum atomic E-state index is 13.5. The monoisotopic (exact) mass is 299 g/mol. The van der Waals surface area contributed by atoms with Crippen molar-refractivity contribution in [1.82, 2.24) is 0 Å². The van der Waals surface area contributed by atoms with Gasteiger partial charge in [0.1, 0.15) is 5.82 Å². The Balaban J connectivity index is 2.13. The SMILES string of the molecule is COC1(C(N)Cc2cccc(F)c2Cl)CCC(C)CC1. The van der Waals surface area contributed by atoms with Gasteiger partial charge in [-0.15, -0.1) is 0 Å². The summed E-state index contributed by atoms with van der Waals surface area (Å²) in [4.78, 5) is 0. The number of hydrogen-bond acceptors (Lipinski definition) is 2. The van der Waals surface area contributed by atoms with Gasteiger partial charge in [0.2, 0.25) is 0 Å². The van der Waals surface area contributed by atoms with E-state index < -0.39 is 0 Å². The molecule has 2 nitrogen and oxygen atoms in total. The molecule has 20 heavy (non-hydrogen) atoms. The zero-order chi connectivity index (χ0) is 14.8. The Bertz CT molecular complexity index is 458. The average Bonchev–Trinajstić information content (AvgIpc) is 2.45. The number of rotatable bonds is 4. The second-order valence-corrected chi connectivity index (χ2v) is 6.35. The van der Waals surface area contributed by atoms with Gasteiger partial charge < -0.3 is 10.5 Å². The second-order valence-electron chi connectivity index (χ2n) is 5.97. The highest BCUT2D eigenvalue weighted by atomic mass is 35.5. The Morgan fingerprint density at radius 1 is 1.45 bits per heavy atom. The molecule has 0 amide bonds. The zero-order valence-electron chi connectivity index (χ0n) is 12.2. The van der Waals surface area contributed by atoms with E-state index in [0.717, 1.165) is 37.2 Å². The summed E-state index contributed by atoms with van der Waals surface area (Å²) < 4.78 is 19.3. The highest BCUT2D eigenvalue weighted by Crippen LogP contribution is 2.37. The van der Waals surface area contributed by atoms with Crippen LogP contribution in [0.25, 0.3) is 0 Å². The Morgan fingerprint density at radius 3 is 2.70 bits per heavy atom. The number of ether oxygens (including phenoxy) is 1. The molecule has 0 aromatic heterocycles. The minimum Gasteiger partial charge on any atom is -0.377 e. The van der Waals surface area contributed by atoms with Crippen molar-refractivity contribution in [3.8, 4) is 0 Å². The van der Waals surface area contributed by atoms with Gasteiger partial charge in [0, 0.05) is 13.2 Å². The zero-order valence-corrected chi connectivity index (χ0v) is 12.9. The molecule has 0 heterocycles. The minimum atomic E-state index is -0.389. The van der Waals surface area contributed by atoms with E-state index in [2.05, 4.69) is 6.92 Å². The van der Waals surface area contributed by atoms with Crippen LogP contribution in [0.2, 0.25) is 5.02 Å². The molecule has 112 valence electrons. The van der Waals surface area contributed by atoms with E-state index in [0.29, 0.717) is 6.42 Å². The Morgan fingerprint density at radius 2 is 2.10 bits per heavy atom. The Labute approximate surface area is 125 Å². The lowest BCUT2D eigenvalue weighted by Crippen LogP contribution is -2.52. The van der Waals surface area contributed by atoms with Crippen molar-refractivity contribution in [3.63, 3.8) is 0 Å². The maximum Gasteiger partial charge on any atom is 0.142 e. The topological polar surface area (TPSA) is 35.2 Å². The van der Waals surface area contributed by atoms with Gasteiger partial charge in [-0.05, 0) is 49.7 Å². The van der Waals surface area contributed by atoms with E-state index in [4.69, 9.17) is 22.1 Å². The van der Waals surface area contributed by atoms with E-state index in [1.165, 1.54) is 6.07 Å². The van der Waals surface area contributed by atoms with Gasteiger partial charge in [0.25, 0.3) is 0 Å². The fraction of sp³-hybridized carbons (Fsp3) is 0.625. The highest BCUT2D eigenvalue weighted by molar-refractivity contribution is 6.31. The molecule has 1 unspecified atom stereocenters. The summed E-state index contributed by atoms with van der Waals surface area (Å²) in [6, 6.07) is 4.71. The van der Waals surface area contributed by atoms with Crippen LogP contribution in [0, 0.1) is 11.7 Å². The van der Waals surface area contributed by atoms with Crippen LogP contribution in [0.3, 0.4) is 0 Å². The molecule has 1 aromatic carbocycles. The third-order valence-electron chi connectivity index (χ3n) is 4.67. The van der Waals surface area contributed by atoms with Crippen molar-refractivity contribution in [2.24, 2.45) is 11.7 Å². The third kappa shape index (κ3) is 3.16. The quantitative estimate of drug-likeness (QED) is 0.914. The van der Waals surface area contributed by atoms with Crippen molar-refractivity contribution >= 4 is 11.6 Å². The number of hydrogen-bond donors (Lipinski definition) is 1. The van der Waals surface area contributed by atoms with Crippen molar-refractivity contribution in [2.45, 2.75) is 50.7 Å². The molecule has 1 fully saturated rings. The molecule has 1 saturated carbocycles. The molecule has 1 aromatic rings. The first kappa shape index (κ1) is 15.7. The van der Waals surface area contributed by atoms with Crippen molar-refractivity contribution < 1.29 is 9.13 Å². The summed E-state index contributed by atoms with van der Waals surface area (Å²) in [5, 5.41) is 0.179. The Kier molecular flexibility index (Phi) is 5.05. The van der Waals surface area contributed by atoms with Crippen LogP contribution < -0.4 is 5.73 Å². The van der Waals surface area contributed by atoms with Crippen LogP contribution in [0.1, 0.15) is 38.2 Å². The fourth-order valence-electron chi connectivity index (χ4n) is 3.11. The second kappa shape index (κ2) is 6.42. The van der Waals surface area contributed by atoms with Gasteiger partial charge in [-0.3, -0.25) is 0 Å². The van der Waals surface area contributed by atoms with E-state index in [1.807, 2.05) is 6.07 Å². The predicted octanol–water partition coefficient (Wildman–Crippen LogP) is 3.94. The molecule has 1 atom stereocenters. The smallest absolute Gasteiger partial charge is 0.142 e. The molecule has 0 radical (unpaired) electrons. The molecule has 1 aliphatic carbocycles. The maximum absolute atomic E-state index is 13.5. The molecule has 0 spiro atoms. The first-order chi connectivity index (χ1) is 9.48. The molecule has 2 rings (SSSR count). The molecule has 0 bridgehead atoms. The standard InChI is InChI=1S/C16H23ClFNO/c1-11-6-8-16(20-2,9-7-11)14(19)10-12-4-3-5-13(18)15(12)17/h3-5,11,14H,6-10,19H2,1-2H3. The van der Waals surface area contributed by atoms with Crippen LogP contribution in [0.15, 0.2) is 18.2 Å². The first-order valence-corrected chi connectivity index (χ1v) is 7.60.